The molecule has 9 heteroatoms. The number of H-pyrrole nitrogens is 2. The molecule has 3 aromatic rings. The lowest BCUT2D eigenvalue weighted by Crippen LogP contribution is -2.21. The van der Waals surface area contributed by atoms with Crippen molar-refractivity contribution in [1.82, 2.24) is 24.5 Å². The Morgan fingerprint density at radius 2 is 2.05 bits per heavy atom. The fourth-order valence-electron chi connectivity index (χ4n) is 2.28. The Morgan fingerprint density at radius 3 is 2.77 bits per heavy atom. The first-order valence-corrected chi connectivity index (χ1v) is 6.85. The number of halogens is 1. The third-order valence-corrected chi connectivity index (χ3v) is 3.80. The number of rotatable bonds is 2. The number of imidazole rings is 1. The van der Waals surface area contributed by atoms with E-state index in [4.69, 9.17) is 17.3 Å². The molecule has 0 spiro atoms. The number of aryl methyl sites for hydroxylation is 1. The first-order valence-electron chi connectivity index (χ1n) is 6.47. The summed E-state index contributed by atoms with van der Waals surface area (Å²) in [5, 5.41) is 0.0764. The first kappa shape index (κ1) is 14.3. The van der Waals surface area contributed by atoms with Crippen molar-refractivity contribution in [2.24, 2.45) is 0 Å². The molecule has 0 aliphatic rings. The Morgan fingerprint density at radius 1 is 1.32 bits per heavy atom. The predicted octanol–water partition coefficient (Wildman–Crippen LogP) is 0.709. The zero-order chi connectivity index (χ0) is 16.0. The van der Waals surface area contributed by atoms with Crippen LogP contribution in [0, 0.1) is 13.8 Å². The van der Waals surface area contributed by atoms with Crippen molar-refractivity contribution < 1.29 is 0 Å². The first-order chi connectivity index (χ1) is 10.4. The highest BCUT2D eigenvalue weighted by Gasteiger charge is 2.15. The molecule has 0 saturated carbocycles. The fourth-order valence-corrected chi connectivity index (χ4v) is 2.50. The maximum atomic E-state index is 12.1. The van der Waals surface area contributed by atoms with Crippen molar-refractivity contribution in [3.05, 3.63) is 48.9 Å². The summed E-state index contributed by atoms with van der Waals surface area (Å²) in [6.07, 6.45) is 1.61. The summed E-state index contributed by atoms with van der Waals surface area (Å²) >= 11 is 5.96. The van der Waals surface area contributed by atoms with Crippen molar-refractivity contribution in [3.63, 3.8) is 0 Å². The maximum absolute atomic E-state index is 12.1. The Kier molecular flexibility index (Phi) is 3.25. The molecule has 0 fully saturated rings. The molecule has 3 rings (SSSR count). The summed E-state index contributed by atoms with van der Waals surface area (Å²) in [6.45, 7) is 3.57. The van der Waals surface area contributed by atoms with Crippen LogP contribution in [0.3, 0.4) is 0 Å². The lowest BCUT2D eigenvalue weighted by molar-refractivity contribution is 0.748. The van der Waals surface area contributed by atoms with Crippen LogP contribution in [-0.4, -0.2) is 24.5 Å². The summed E-state index contributed by atoms with van der Waals surface area (Å²) < 4.78 is 1.35. The molecule has 114 valence electrons. The van der Waals surface area contributed by atoms with E-state index in [0.717, 1.165) is 0 Å². The second kappa shape index (κ2) is 4.99. The van der Waals surface area contributed by atoms with E-state index < -0.39 is 5.69 Å². The second-order valence-corrected chi connectivity index (χ2v) is 5.35. The zero-order valence-electron chi connectivity index (χ0n) is 11.9. The molecule has 0 saturated heterocycles. The van der Waals surface area contributed by atoms with Crippen LogP contribution < -0.4 is 16.9 Å². The number of aromatic nitrogens is 5. The summed E-state index contributed by atoms with van der Waals surface area (Å²) in [5.74, 6) is -0.0284. The molecule has 0 aromatic carbocycles. The molecule has 0 aliphatic heterocycles. The van der Waals surface area contributed by atoms with Crippen LogP contribution in [0.5, 0.6) is 0 Å². The Hall–Kier alpha value is -2.61. The number of pyridine rings is 1. The van der Waals surface area contributed by atoms with Gasteiger partial charge in [-0.3, -0.25) is 9.36 Å². The molecule has 0 amide bonds. The quantitative estimate of drug-likeness (QED) is 0.600. The van der Waals surface area contributed by atoms with Gasteiger partial charge in [-0.15, -0.1) is 0 Å². The molecule has 0 bridgehead atoms. The standard InChI is InChI=1S/C13H13ClN6O2/c1-5-3-16-7(6(2)9(5)21)4-20-11-8(17-13(20)22)10(14)18-12(15)19-11/h3H,4H2,1-2H3,(H,16,21)(H,17,22)(H2,15,18,19). The number of nitrogens with one attached hydrogen (secondary N) is 2. The number of hydrogen-bond acceptors (Lipinski definition) is 5. The summed E-state index contributed by atoms with van der Waals surface area (Å²) in [7, 11) is 0. The van der Waals surface area contributed by atoms with E-state index in [-0.39, 0.29) is 23.1 Å². The van der Waals surface area contributed by atoms with Crippen LogP contribution in [-0.2, 0) is 6.54 Å². The third-order valence-electron chi connectivity index (χ3n) is 3.53. The number of anilines is 1. The minimum absolute atomic E-state index is 0.0284. The molecule has 0 aliphatic carbocycles. The molecule has 0 radical (unpaired) electrons. The van der Waals surface area contributed by atoms with Gasteiger partial charge in [0, 0.05) is 23.0 Å². The van der Waals surface area contributed by atoms with E-state index in [2.05, 4.69) is 19.9 Å². The molecule has 3 aromatic heterocycles. The molecule has 0 unspecified atom stereocenters. The van der Waals surface area contributed by atoms with E-state index in [0.29, 0.717) is 28.0 Å². The Bertz CT molecular complexity index is 1000. The Labute approximate surface area is 129 Å². The van der Waals surface area contributed by atoms with Crippen LogP contribution in [0.15, 0.2) is 15.8 Å². The molecule has 0 atom stereocenters. The van der Waals surface area contributed by atoms with Gasteiger partial charge in [0.05, 0.1) is 6.54 Å². The number of aromatic amines is 2. The van der Waals surface area contributed by atoms with Gasteiger partial charge >= 0.3 is 5.69 Å². The van der Waals surface area contributed by atoms with Gasteiger partial charge in [-0.05, 0) is 13.8 Å². The van der Waals surface area contributed by atoms with Gasteiger partial charge in [-0.25, -0.2) is 4.79 Å². The number of nitrogens with two attached hydrogens (primary N) is 1. The van der Waals surface area contributed by atoms with Gasteiger partial charge in [0.15, 0.2) is 16.2 Å². The zero-order valence-corrected chi connectivity index (χ0v) is 12.7. The number of nitrogen functional groups attached to an aromatic ring is 1. The Balaban J connectivity index is 2.20. The molecular formula is C13H13ClN6O2. The van der Waals surface area contributed by atoms with Crippen molar-refractivity contribution in [1.29, 1.82) is 0 Å². The van der Waals surface area contributed by atoms with E-state index in [9.17, 15) is 9.59 Å². The smallest absolute Gasteiger partial charge is 0.328 e. The average molecular weight is 321 g/mol. The summed E-state index contributed by atoms with van der Waals surface area (Å²) in [5.41, 5.74) is 7.50. The minimum Gasteiger partial charge on any atom is -0.368 e. The third kappa shape index (κ3) is 2.17. The van der Waals surface area contributed by atoms with Gasteiger partial charge in [0.1, 0.15) is 5.52 Å². The molecule has 4 N–H and O–H groups in total. The number of hydrogen-bond donors (Lipinski definition) is 3. The largest absolute Gasteiger partial charge is 0.368 e. The van der Waals surface area contributed by atoms with Gasteiger partial charge in [0.2, 0.25) is 5.95 Å². The van der Waals surface area contributed by atoms with Crippen molar-refractivity contribution in [2.75, 3.05) is 5.73 Å². The normalized spacial score (nSPS) is 11.2. The maximum Gasteiger partial charge on any atom is 0.328 e. The van der Waals surface area contributed by atoms with Crippen LogP contribution in [0.2, 0.25) is 5.15 Å². The van der Waals surface area contributed by atoms with Crippen molar-refractivity contribution >= 4 is 28.7 Å². The van der Waals surface area contributed by atoms with Crippen LogP contribution >= 0.6 is 11.6 Å². The van der Waals surface area contributed by atoms with Crippen LogP contribution in [0.1, 0.15) is 16.8 Å². The lowest BCUT2D eigenvalue weighted by atomic mass is 10.1. The van der Waals surface area contributed by atoms with E-state index in [1.54, 1.807) is 20.0 Å². The van der Waals surface area contributed by atoms with Gasteiger partial charge in [-0.2, -0.15) is 9.97 Å². The molecular weight excluding hydrogens is 308 g/mol. The summed E-state index contributed by atoms with van der Waals surface area (Å²) in [6, 6.07) is 0. The van der Waals surface area contributed by atoms with Crippen molar-refractivity contribution in [2.45, 2.75) is 20.4 Å². The number of fused-ring (bicyclic) bond motifs is 1. The molecule has 22 heavy (non-hydrogen) atoms. The topological polar surface area (TPSA) is 122 Å². The average Bonchev–Trinajstić information content (AvgIpc) is 2.76. The van der Waals surface area contributed by atoms with Crippen molar-refractivity contribution in [3.8, 4) is 0 Å². The number of nitrogens with zero attached hydrogens (tertiary/aromatic N) is 3. The van der Waals surface area contributed by atoms with Crippen LogP contribution in [0.4, 0.5) is 5.95 Å². The van der Waals surface area contributed by atoms with E-state index in [1.165, 1.54) is 4.57 Å². The highest BCUT2D eigenvalue weighted by atomic mass is 35.5. The fraction of sp³-hybridized carbons (Fsp3) is 0.231. The molecule has 8 nitrogen and oxygen atoms in total. The minimum atomic E-state index is -0.405. The lowest BCUT2D eigenvalue weighted by Gasteiger charge is -2.07. The summed E-state index contributed by atoms with van der Waals surface area (Å²) in [4.78, 5) is 37.6. The SMILES string of the molecule is Cc1c[nH]c(Cn2c(=O)[nH]c3c(Cl)nc(N)nc32)c(C)c1=O. The van der Waals surface area contributed by atoms with Gasteiger partial charge < -0.3 is 15.7 Å². The second-order valence-electron chi connectivity index (χ2n) is 4.99. The van der Waals surface area contributed by atoms with Gasteiger partial charge in [0.25, 0.3) is 0 Å². The monoisotopic (exact) mass is 320 g/mol. The highest BCUT2D eigenvalue weighted by Crippen LogP contribution is 2.18. The highest BCUT2D eigenvalue weighted by molar-refractivity contribution is 6.33. The predicted molar refractivity (Wildman–Crippen MR) is 83.2 cm³/mol. The van der Waals surface area contributed by atoms with Gasteiger partial charge in [-0.1, -0.05) is 11.6 Å². The van der Waals surface area contributed by atoms with E-state index in [1.807, 2.05) is 0 Å². The van der Waals surface area contributed by atoms with Crippen LogP contribution in [0.25, 0.3) is 11.2 Å². The molecule has 3 heterocycles. The van der Waals surface area contributed by atoms with E-state index >= 15 is 0 Å².